The summed E-state index contributed by atoms with van der Waals surface area (Å²) in [6.07, 6.45) is 1.80. The van der Waals surface area contributed by atoms with Gasteiger partial charge in [0.15, 0.2) is 15.8 Å². The van der Waals surface area contributed by atoms with Crippen molar-refractivity contribution in [1.82, 2.24) is 14.5 Å². The van der Waals surface area contributed by atoms with Crippen LogP contribution in [0.4, 0.5) is 15.3 Å². The lowest BCUT2D eigenvalue weighted by atomic mass is 10.1. The minimum Gasteiger partial charge on any atom is -0.464 e. The Hall–Kier alpha value is -3.32. The van der Waals surface area contributed by atoms with Gasteiger partial charge in [-0.05, 0) is 25.0 Å². The molecule has 13 heteroatoms. The van der Waals surface area contributed by atoms with Crippen LogP contribution in [0.15, 0.2) is 42.6 Å². The predicted octanol–water partition coefficient (Wildman–Crippen LogP) is 4.34. The first-order chi connectivity index (χ1) is 16.7. The third-order valence-electron chi connectivity index (χ3n) is 5.26. The van der Waals surface area contributed by atoms with Gasteiger partial charge in [-0.15, -0.1) is 6.58 Å². The largest absolute Gasteiger partial charge is 0.464 e. The SMILES string of the molecule is C=CCOC(=O)N1C[C@H](SC(C)=O)C[C@@H]1CSc1nc2c([N+](=O)[O-])c(CC=C)ccc2n1C(=O)O. The highest BCUT2D eigenvalue weighted by Gasteiger charge is 2.37. The fourth-order valence-electron chi connectivity index (χ4n) is 3.92. The average Bonchev–Trinajstić information content (AvgIpc) is 3.36. The van der Waals surface area contributed by atoms with E-state index in [1.54, 1.807) is 0 Å². The maximum atomic E-state index is 12.5. The van der Waals surface area contributed by atoms with Crippen LogP contribution in [-0.2, 0) is 16.0 Å². The van der Waals surface area contributed by atoms with E-state index < -0.39 is 17.1 Å². The zero-order chi connectivity index (χ0) is 25.7. The van der Waals surface area contributed by atoms with Gasteiger partial charge in [-0.3, -0.25) is 14.9 Å². The summed E-state index contributed by atoms with van der Waals surface area (Å²) in [5, 5.41) is 21.4. The van der Waals surface area contributed by atoms with Crippen molar-refractivity contribution >= 4 is 57.5 Å². The monoisotopic (exact) mass is 520 g/mol. The Bertz CT molecular complexity index is 1200. The third kappa shape index (κ3) is 5.85. The lowest BCUT2D eigenvalue weighted by Gasteiger charge is -2.23. The van der Waals surface area contributed by atoms with Crippen LogP contribution in [0, 0.1) is 10.1 Å². The minimum absolute atomic E-state index is 0.0297. The van der Waals surface area contributed by atoms with Gasteiger partial charge in [-0.1, -0.05) is 42.3 Å². The molecule has 0 saturated carbocycles. The molecule has 0 aliphatic carbocycles. The predicted molar refractivity (Wildman–Crippen MR) is 133 cm³/mol. The van der Waals surface area contributed by atoms with Gasteiger partial charge in [-0.25, -0.2) is 19.1 Å². The van der Waals surface area contributed by atoms with E-state index in [4.69, 9.17) is 4.74 Å². The van der Waals surface area contributed by atoms with Crippen molar-refractivity contribution in [3.63, 3.8) is 0 Å². The molecule has 0 spiro atoms. The number of likely N-dealkylation sites (tertiary alicyclic amines) is 1. The molecule has 1 amide bonds. The van der Waals surface area contributed by atoms with Crippen molar-refractivity contribution in [1.29, 1.82) is 0 Å². The molecule has 0 radical (unpaired) electrons. The standard InChI is InChI=1S/C22H24N4O7S2/c1-4-6-14-7-8-17-18(19(14)26(31)32)23-20(25(17)21(28)29)34-12-15-10-16(35-13(3)27)11-24(15)22(30)33-9-5-2/h4-5,7-8,15-16H,1-2,6,9-12H2,3H3,(H,28,29)/t15-,16-/m1/s1. The number of amides is 1. The van der Waals surface area contributed by atoms with Gasteiger partial charge in [0, 0.05) is 36.1 Å². The Kier molecular flexibility index (Phi) is 8.57. The van der Waals surface area contributed by atoms with E-state index >= 15 is 0 Å². The Morgan fingerprint density at radius 1 is 1.34 bits per heavy atom. The molecule has 1 N–H and O–H groups in total. The van der Waals surface area contributed by atoms with E-state index in [0.29, 0.717) is 18.5 Å². The number of nitrogens with zero attached hydrogens (tertiary/aromatic N) is 4. The van der Waals surface area contributed by atoms with Crippen molar-refractivity contribution in [3.8, 4) is 0 Å². The molecule has 1 fully saturated rings. The number of nitro benzene ring substituents is 1. The number of aromatic nitrogens is 2. The summed E-state index contributed by atoms with van der Waals surface area (Å²) >= 11 is 2.21. The van der Waals surface area contributed by atoms with Gasteiger partial charge >= 0.3 is 17.9 Å². The van der Waals surface area contributed by atoms with Crippen LogP contribution < -0.4 is 0 Å². The van der Waals surface area contributed by atoms with Gasteiger partial charge in [-0.2, -0.15) is 0 Å². The molecule has 35 heavy (non-hydrogen) atoms. The number of imidazole rings is 1. The lowest BCUT2D eigenvalue weighted by molar-refractivity contribution is -0.383. The highest BCUT2D eigenvalue weighted by molar-refractivity contribution is 8.14. The molecule has 1 saturated heterocycles. The summed E-state index contributed by atoms with van der Waals surface area (Å²) in [6.45, 7) is 8.92. The van der Waals surface area contributed by atoms with Crippen LogP contribution >= 0.6 is 23.5 Å². The molecule has 3 rings (SSSR count). The molecule has 1 aliphatic heterocycles. The Labute approximate surface area is 209 Å². The number of allylic oxidation sites excluding steroid dienone is 1. The molecule has 2 heterocycles. The summed E-state index contributed by atoms with van der Waals surface area (Å²) < 4.78 is 6.07. The van der Waals surface area contributed by atoms with Crippen LogP contribution in [0.1, 0.15) is 18.9 Å². The van der Waals surface area contributed by atoms with Crippen molar-refractivity contribution in [2.75, 3.05) is 18.9 Å². The first kappa shape index (κ1) is 26.3. The number of hydrogen-bond donors (Lipinski definition) is 1. The Morgan fingerprint density at radius 2 is 2.09 bits per heavy atom. The number of benzene rings is 1. The first-order valence-corrected chi connectivity index (χ1v) is 12.4. The topological polar surface area (TPSA) is 145 Å². The zero-order valence-electron chi connectivity index (χ0n) is 18.9. The molecule has 0 bridgehead atoms. The number of nitro groups is 1. The summed E-state index contributed by atoms with van der Waals surface area (Å²) in [5.41, 5.74) is 0.175. The van der Waals surface area contributed by atoms with Gasteiger partial charge in [0.25, 0.3) is 0 Å². The number of carbonyl (C=O) groups excluding carboxylic acids is 2. The summed E-state index contributed by atoms with van der Waals surface area (Å²) in [7, 11) is 0. The number of thioether (sulfide) groups is 2. The molecule has 186 valence electrons. The second-order valence-corrected chi connectivity index (χ2v) is 10.1. The van der Waals surface area contributed by atoms with E-state index in [2.05, 4.69) is 18.1 Å². The molecule has 2 atom stereocenters. The van der Waals surface area contributed by atoms with Gasteiger partial charge < -0.3 is 14.7 Å². The zero-order valence-corrected chi connectivity index (χ0v) is 20.5. The molecule has 11 nitrogen and oxygen atoms in total. The molecular formula is C22H24N4O7S2. The van der Waals surface area contributed by atoms with Crippen LogP contribution in [0.25, 0.3) is 11.0 Å². The van der Waals surface area contributed by atoms with Crippen molar-refractivity contribution in [3.05, 3.63) is 53.1 Å². The number of fused-ring (bicyclic) bond motifs is 1. The quantitative estimate of drug-likeness (QED) is 0.219. The maximum Gasteiger partial charge on any atom is 0.418 e. The number of carbonyl (C=O) groups is 3. The molecule has 1 aliphatic rings. The molecule has 1 aromatic carbocycles. The first-order valence-electron chi connectivity index (χ1n) is 10.5. The number of carboxylic acid groups (broad SMARTS) is 1. The second-order valence-electron chi connectivity index (χ2n) is 7.65. The summed E-state index contributed by atoms with van der Waals surface area (Å²) in [4.78, 5) is 53.2. The van der Waals surface area contributed by atoms with Crippen LogP contribution in [0.2, 0.25) is 0 Å². The molecule has 2 aromatic rings. The summed E-state index contributed by atoms with van der Waals surface area (Å²) in [6, 6.07) is 2.62. The number of hydrogen-bond acceptors (Lipinski definition) is 9. The minimum atomic E-state index is -1.33. The highest BCUT2D eigenvalue weighted by Crippen LogP contribution is 2.36. The smallest absolute Gasteiger partial charge is 0.418 e. The second kappa shape index (κ2) is 11.4. The van der Waals surface area contributed by atoms with E-state index in [9.17, 15) is 29.6 Å². The van der Waals surface area contributed by atoms with Crippen LogP contribution in [-0.4, -0.2) is 72.0 Å². The van der Waals surface area contributed by atoms with E-state index in [-0.39, 0.29) is 57.1 Å². The number of ether oxygens (including phenoxy) is 1. The Morgan fingerprint density at radius 3 is 2.69 bits per heavy atom. The van der Waals surface area contributed by atoms with Gasteiger partial charge in [0.1, 0.15) is 6.61 Å². The van der Waals surface area contributed by atoms with Crippen molar-refractivity contribution < 1.29 is 29.2 Å². The van der Waals surface area contributed by atoms with E-state index in [1.807, 2.05) is 0 Å². The normalized spacial score (nSPS) is 17.3. The molecular weight excluding hydrogens is 496 g/mol. The van der Waals surface area contributed by atoms with Gasteiger partial charge in [0.2, 0.25) is 0 Å². The highest BCUT2D eigenvalue weighted by atomic mass is 32.2. The van der Waals surface area contributed by atoms with Crippen molar-refractivity contribution in [2.24, 2.45) is 0 Å². The lowest BCUT2D eigenvalue weighted by Crippen LogP contribution is -2.37. The number of rotatable bonds is 9. The van der Waals surface area contributed by atoms with Crippen LogP contribution in [0.3, 0.4) is 0 Å². The fraction of sp³-hybridized carbons (Fsp3) is 0.364. The Balaban J connectivity index is 1.93. The summed E-state index contributed by atoms with van der Waals surface area (Å²) in [5.74, 6) is 0.252. The maximum absolute atomic E-state index is 12.5. The van der Waals surface area contributed by atoms with E-state index in [1.165, 1.54) is 36.1 Å². The third-order valence-corrected chi connectivity index (χ3v) is 7.35. The van der Waals surface area contributed by atoms with E-state index in [0.717, 1.165) is 28.1 Å². The average molecular weight is 521 g/mol. The van der Waals surface area contributed by atoms with Gasteiger partial charge in [0.05, 0.1) is 10.4 Å². The van der Waals surface area contributed by atoms with Crippen molar-refractivity contribution in [2.45, 2.75) is 36.2 Å². The molecule has 0 unspecified atom stereocenters. The fourth-order valence-corrected chi connectivity index (χ4v) is 6.06. The molecule has 1 aromatic heterocycles. The van der Waals surface area contributed by atoms with Crippen LogP contribution in [0.5, 0.6) is 0 Å².